The number of hydrogen-bond acceptors (Lipinski definition) is 2. The fraction of sp³-hybridized carbons (Fsp3) is 0.875. The summed E-state index contributed by atoms with van der Waals surface area (Å²) in [5.41, 5.74) is 0.384. The zero-order chi connectivity index (χ0) is 16.0. The van der Waals surface area contributed by atoms with Crippen molar-refractivity contribution >= 4 is 12.0 Å². The van der Waals surface area contributed by atoms with E-state index in [2.05, 4.69) is 19.2 Å². The van der Waals surface area contributed by atoms with Crippen molar-refractivity contribution in [2.24, 2.45) is 11.3 Å². The van der Waals surface area contributed by atoms with Crippen LogP contribution in [0, 0.1) is 11.3 Å². The van der Waals surface area contributed by atoms with E-state index >= 15 is 0 Å². The SMILES string of the molecule is CCC1(CC)CCN(C(=O)NC(CC(=O)O)C(C)C)CC1. The Morgan fingerprint density at radius 3 is 2.10 bits per heavy atom. The summed E-state index contributed by atoms with van der Waals surface area (Å²) >= 11 is 0. The Morgan fingerprint density at radius 1 is 1.19 bits per heavy atom. The van der Waals surface area contributed by atoms with Gasteiger partial charge in [-0.25, -0.2) is 4.79 Å². The molecule has 1 aliphatic rings. The molecule has 0 spiro atoms. The molecular weight excluding hydrogens is 268 g/mol. The number of carboxylic acids is 1. The molecule has 0 aromatic heterocycles. The maximum atomic E-state index is 12.3. The van der Waals surface area contributed by atoms with Crippen LogP contribution in [0.3, 0.4) is 0 Å². The summed E-state index contributed by atoms with van der Waals surface area (Å²) in [6.07, 6.45) is 4.38. The fourth-order valence-electron chi connectivity index (χ4n) is 3.03. The lowest BCUT2D eigenvalue weighted by molar-refractivity contribution is -0.137. The van der Waals surface area contributed by atoms with E-state index in [1.807, 2.05) is 18.7 Å². The quantitative estimate of drug-likeness (QED) is 0.791. The van der Waals surface area contributed by atoms with Gasteiger partial charge in [-0.2, -0.15) is 0 Å². The van der Waals surface area contributed by atoms with Gasteiger partial charge in [0.1, 0.15) is 0 Å². The lowest BCUT2D eigenvalue weighted by atomic mass is 9.74. The zero-order valence-electron chi connectivity index (χ0n) is 13.8. The minimum absolute atomic E-state index is 0.0227. The molecule has 5 heteroatoms. The van der Waals surface area contributed by atoms with E-state index in [0.29, 0.717) is 5.41 Å². The third-order valence-electron chi connectivity index (χ3n) is 5.12. The van der Waals surface area contributed by atoms with Crippen molar-refractivity contribution in [3.05, 3.63) is 0 Å². The largest absolute Gasteiger partial charge is 0.481 e. The fourth-order valence-corrected chi connectivity index (χ4v) is 3.03. The number of likely N-dealkylation sites (tertiary alicyclic amines) is 1. The van der Waals surface area contributed by atoms with E-state index in [1.165, 1.54) is 0 Å². The highest BCUT2D eigenvalue weighted by molar-refractivity contribution is 5.76. The Labute approximate surface area is 128 Å². The lowest BCUT2D eigenvalue weighted by Crippen LogP contribution is -2.51. The molecule has 122 valence electrons. The van der Waals surface area contributed by atoms with Crippen LogP contribution >= 0.6 is 0 Å². The number of piperidine rings is 1. The number of carbonyl (C=O) groups is 2. The van der Waals surface area contributed by atoms with Crippen molar-refractivity contribution < 1.29 is 14.7 Å². The van der Waals surface area contributed by atoms with Gasteiger partial charge in [-0.3, -0.25) is 4.79 Å². The molecule has 2 amide bonds. The molecule has 1 aliphatic heterocycles. The van der Waals surface area contributed by atoms with Gasteiger partial charge in [-0.15, -0.1) is 0 Å². The van der Waals surface area contributed by atoms with E-state index in [9.17, 15) is 9.59 Å². The van der Waals surface area contributed by atoms with Crippen molar-refractivity contribution in [1.29, 1.82) is 0 Å². The van der Waals surface area contributed by atoms with Crippen LogP contribution in [-0.2, 0) is 4.79 Å². The van der Waals surface area contributed by atoms with E-state index in [4.69, 9.17) is 5.11 Å². The smallest absolute Gasteiger partial charge is 0.317 e. The molecule has 0 bridgehead atoms. The van der Waals surface area contributed by atoms with Crippen molar-refractivity contribution in [1.82, 2.24) is 10.2 Å². The third-order valence-corrected chi connectivity index (χ3v) is 5.12. The first kappa shape index (κ1) is 17.8. The van der Waals surface area contributed by atoms with Gasteiger partial charge in [0.25, 0.3) is 0 Å². The van der Waals surface area contributed by atoms with Gasteiger partial charge in [0, 0.05) is 19.1 Å². The van der Waals surface area contributed by atoms with Crippen LogP contribution in [0.25, 0.3) is 0 Å². The maximum absolute atomic E-state index is 12.3. The number of nitrogens with zero attached hydrogens (tertiary/aromatic N) is 1. The summed E-state index contributed by atoms with van der Waals surface area (Å²) in [4.78, 5) is 25.0. The Hall–Kier alpha value is -1.26. The molecule has 0 aliphatic carbocycles. The summed E-state index contributed by atoms with van der Waals surface area (Å²) in [5, 5.41) is 11.8. The van der Waals surface area contributed by atoms with E-state index in [1.54, 1.807) is 0 Å². The predicted octanol–water partition coefficient (Wildman–Crippen LogP) is 3.10. The topological polar surface area (TPSA) is 69.6 Å². The number of rotatable bonds is 6. The average Bonchev–Trinajstić information content (AvgIpc) is 2.46. The molecular formula is C16H30N2O3. The number of carboxylic acid groups (broad SMARTS) is 1. The van der Waals surface area contributed by atoms with Crippen LogP contribution in [-0.4, -0.2) is 41.1 Å². The van der Waals surface area contributed by atoms with Crippen LogP contribution in [0.4, 0.5) is 4.79 Å². The molecule has 0 radical (unpaired) electrons. The number of carbonyl (C=O) groups excluding carboxylic acids is 1. The summed E-state index contributed by atoms with van der Waals surface area (Å²) in [6.45, 7) is 9.85. The van der Waals surface area contributed by atoms with Crippen molar-refractivity contribution in [2.75, 3.05) is 13.1 Å². The van der Waals surface area contributed by atoms with E-state index in [-0.39, 0.29) is 24.4 Å². The molecule has 1 unspecified atom stereocenters. The molecule has 21 heavy (non-hydrogen) atoms. The monoisotopic (exact) mass is 298 g/mol. The molecule has 1 rings (SSSR count). The third kappa shape index (κ3) is 4.90. The molecule has 1 atom stereocenters. The lowest BCUT2D eigenvalue weighted by Gasteiger charge is -2.41. The van der Waals surface area contributed by atoms with Crippen LogP contribution in [0.15, 0.2) is 0 Å². The molecule has 0 aromatic carbocycles. The first-order valence-corrected chi connectivity index (χ1v) is 8.10. The molecule has 5 nitrogen and oxygen atoms in total. The second-order valence-electron chi connectivity index (χ2n) is 6.59. The highest BCUT2D eigenvalue weighted by atomic mass is 16.4. The van der Waals surface area contributed by atoms with Crippen molar-refractivity contribution in [3.8, 4) is 0 Å². The summed E-state index contributed by atoms with van der Waals surface area (Å²) in [6, 6.07) is -0.421. The number of hydrogen-bond donors (Lipinski definition) is 2. The second kappa shape index (κ2) is 7.66. The van der Waals surface area contributed by atoms with E-state index < -0.39 is 5.97 Å². The van der Waals surface area contributed by atoms with Gasteiger partial charge >= 0.3 is 12.0 Å². The van der Waals surface area contributed by atoms with Crippen LogP contribution in [0.1, 0.15) is 59.8 Å². The molecule has 1 heterocycles. The predicted molar refractivity (Wildman–Crippen MR) is 83.2 cm³/mol. The number of amides is 2. The average molecular weight is 298 g/mol. The van der Waals surface area contributed by atoms with Gasteiger partial charge < -0.3 is 15.3 Å². The molecule has 2 N–H and O–H groups in total. The number of urea groups is 1. The van der Waals surface area contributed by atoms with Gasteiger partial charge in [0.2, 0.25) is 0 Å². The molecule has 1 fully saturated rings. The Kier molecular flexibility index (Phi) is 6.49. The number of aliphatic carboxylic acids is 1. The Balaban J connectivity index is 2.55. The first-order valence-electron chi connectivity index (χ1n) is 8.10. The number of nitrogens with one attached hydrogen (secondary N) is 1. The molecule has 0 aromatic rings. The second-order valence-corrected chi connectivity index (χ2v) is 6.59. The van der Waals surface area contributed by atoms with Crippen LogP contribution < -0.4 is 5.32 Å². The van der Waals surface area contributed by atoms with Crippen molar-refractivity contribution in [2.45, 2.75) is 65.8 Å². The van der Waals surface area contributed by atoms with Crippen LogP contribution in [0.2, 0.25) is 0 Å². The highest BCUT2D eigenvalue weighted by Crippen LogP contribution is 2.37. The molecule has 1 saturated heterocycles. The van der Waals surface area contributed by atoms with Gasteiger partial charge in [0.05, 0.1) is 6.42 Å². The zero-order valence-corrected chi connectivity index (χ0v) is 13.8. The summed E-state index contributed by atoms with van der Waals surface area (Å²) in [5.74, 6) is -0.760. The van der Waals surface area contributed by atoms with Crippen molar-refractivity contribution in [3.63, 3.8) is 0 Å². The minimum atomic E-state index is -0.872. The van der Waals surface area contributed by atoms with Crippen LogP contribution in [0.5, 0.6) is 0 Å². The maximum Gasteiger partial charge on any atom is 0.317 e. The van der Waals surface area contributed by atoms with Gasteiger partial charge in [-0.05, 0) is 24.2 Å². The Morgan fingerprint density at radius 2 is 1.71 bits per heavy atom. The summed E-state index contributed by atoms with van der Waals surface area (Å²) in [7, 11) is 0. The highest BCUT2D eigenvalue weighted by Gasteiger charge is 2.33. The van der Waals surface area contributed by atoms with E-state index in [0.717, 1.165) is 38.8 Å². The standard InChI is InChI=1S/C16H30N2O3/c1-5-16(6-2)7-9-18(10-8-16)15(21)17-13(12(3)4)11-14(19)20/h12-13H,5-11H2,1-4H3,(H,17,21)(H,19,20). The summed E-state index contributed by atoms with van der Waals surface area (Å²) < 4.78 is 0. The molecule has 0 saturated carbocycles. The normalized spacial score (nSPS) is 19.4. The minimum Gasteiger partial charge on any atom is -0.481 e. The van der Waals surface area contributed by atoms with Gasteiger partial charge in [-0.1, -0.05) is 40.5 Å². The Bertz CT molecular complexity index is 355. The van der Waals surface area contributed by atoms with Gasteiger partial charge in [0.15, 0.2) is 0 Å². The first-order chi connectivity index (χ1) is 9.83.